The summed E-state index contributed by atoms with van der Waals surface area (Å²) in [6.07, 6.45) is 9.14. The normalized spacial score (nSPS) is 18.2. The van der Waals surface area contributed by atoms with Crippen LogP contribution in [-0.4, -0.2) is 29.5 Å². The van der Waals surface area contributed by atoms with Crippen molar-refractivity contribution in [1.82, 2.24) is 29.7 Å². The van der Waals surface area contributed by atoms with Crippen molar-refractivity contribution in [3.63, 3.8) is 0 Å². The lowest BCUT2D eigenvalue weighted by Crippen LogP contribution is -2.30. The first kappa shape index (κ1) is 19.4. The molecule has 4 aromatic heterocycles. The minimum Gasteiger partial charge on any atom is -0.352 e. The Morgan fingerprint density at radius 3 is 2.55 bits per heavy atom. The van der Waals surface area contributed by atoms with Gasteiger partial charge in [-0.15, -0.1) is 0 Å². The lowest BCUT2D eigenvalue weighted by Gasteiger charge is -2.29. The molecule has 4 aromatic rings. The molecule has 31 heavy (non-hydrogen) atoms. The summed E-state index contributed by atoms with van der Waals surface area (Å²) in [6, 6.07) is 18.3. The van der Waals surface area contributed by atoms with Crippen molar-refractivity contribution in [1.29, 1.82) is 0 Å². The average molecular weight is 427 g/mol. The molecule has 0 aliphatic carbocycles. The summed E-state index contributed by atoms with van der Waals surface area (Å²) >= 11 is 5.81. The predicted molar refractivity (Wildman–Crippen MR) is 124 cm³/mol. The van der Waals surface area contributed by atoms with Crippen molar-refractivity contribution in [2.45, 2.75) is 25.6 Å². The van der Waals surface area contributed by atoms with Crippen LogP contribution in [0.4, 0.5) is 0 Å². The van der Waals surface area contributed by atoms with Gasteiger partial charge in [-0.05, 0) is 73.2 Å². The van der Waals surface area contributed by atoms with E-state index in [1.807, 2.05) is 61.2 Å². The summed E-state index contributed by atoms with van der Waals surface area (Å²) < 4.78 is 2.25. The zero-order valence-corrected chi connectivity index (χ0v) is 17.9. The molecular weight excluding hydrogens is 404 g/mol. The Morgan fingerprint density at radius 1 is 0.935 bits per heavy atom. The lowest BCUT2D eigenvalue weighted by atomic mass is 10.0. The molecule has 1 fully saturated rings. The highest BCUT2D eigenvalue weighted by atomic mass is 32.1. The largest absolute Gasteiger partial charge is 0.352 e. The van der Waals surface area contributed by atoms with E-state index in [1.54, 1.807) is 6.20 Å². The van der Waals surface area contributed by atoms with Crippen molar-refractivity contribution < 1.29 is 0 Å². The highest BCUT2D eigenvalue weighted by molar-refractivity contribution is 7.80. The maximum atomic E-state index is 5.81. The third kappa shape index (κ3) is 3.68. The number of aromatic nitrogens is 4. The van der Waals surface area contributed by atoms with Crippen LogP contribution in [0.1, 0.15) is 34.7 Å². The van der Waals surface area contributed by atoms with Gasteiger partial charge in [0.1, 0.15) is 0 Å². The molecule has 154 valence electrons. The molecule has 1 aliphatic heterocycles. The number of hydrogen-bond acceptors (Lipinski definition) is 4. The van der Waals surface area contributed by atoms with Crippen LogP contribution in [0.3, 0.4) is 0 Å². The van der Waals surface area contributed by atoms with Crippen LogP contribution in [0.5, 0.6) is 0 Å². The molecule has 1 saturated heterocycles. The molecule has 0 spiro atoms. The third-order valence-electron chi connectivity index (χ3n) is 5.61. The van der Waals surface area contributed by atoms with E-state index in [9.17, 15) is 0 Å². The molecule has 0 aromatic carbocycles. The van der Waals surface area contributed by atoms with Crippen LogP contribution >= 0.6 is 12.2 Å². The van der Waals surface area contributed by atoms with Gasteiger partial charge in [-0.2, -0.15) is 0 Å². The van der Waals surface area contributed by atoms with Crippen molar-refractivity contribution in [2.75, 3.05) is 0 Å². The maximum Gasteiger partial charge on any atom is 0.170 e. The number of hydrogen-bond donors (Lipinski definition) is 1. The monoisotopic (exact) mass is 426 g/mol. The minimum absolute atomic E-state index is 0.0375. The quantitative estimate of drug-likeness (QED) is 0.484. The van der Waals surface area contributed by atoms with Gasteiger partial charge in [0.2, 0.25) is 0 Å². The van der Waals surface area contributed by atoms with Crippen molar-refractivity contribution in [3.8, 4) is 5.69 Å². The first-order valence-electron chi connectivity index (χ1n) is 10.2. The van der Waals surface area contributed by atoms with E-state index in [-0.39, 0.29) is 12.1 Å². The van der Waals surface area contributed by atoms with Gasteiger partial charge in [-0.1, -0.05) is 6.07 Å². The fraction of sp³-hybridized carbons (Fsp3) is 0.167. The molecular formula is C24H22N6S. The average Bonchev–Trinajstić information content (AvgIpc) is 3.35. The molecule has 1 aliphatic rings. The minimum atomic E-state index is -0.0692. The summed E-state index contributed by atoms with van der Waals surface area (Å²) in [5.41, 5.74) is 5.43. The second kappa shape index (κ2) is 8.28. The van der Waals surface area contributed by atoms with Crippen LogP contribution in [0, 0.1) is 6.92 Å². The van der Waals surface area contributed by atoms with E-state index in [2.05, 4.69) is 54.9 Å². The van der Waals surface area contributed by atoms with Crippen LogP contribution in [0.25, 0.3) is 5.69 Å². The predicted octanol–water partition coefficient (Wildman–Crippen LogP) is 4.14. The highest BCUT2D eigenvalue weighted by Crippen LogP contribution is 2.40. The SMILES string of the molecule is Cc1ccc([C@H]2[C@@H](c3ccccn3)NC(=S)N2Cc2ccncc2)n1-c1cccnc1. The summed E-state index contributed by atoms with van der Waals surface area (Å²) in [7, 11) is 0. The second-order valence-electron chi connectivity index (χ2n) is 7.56. The van der Waals surface area contributed by atoms with E-state index in [1.165, 1.54) is 0 Å². The van der Waals surface area contributed by atoms with Crippen molar-refractivity contribution >= 4 is 17.3 Å². The van der Waals surface area contributed by atoms with Crippen LogP contribution in [0.2, 0.25) is 0 Å². The first-order valence-corrected chi connectivity index (χ1v) is 10.6. The van der Waals surface area contributed by atoms with Gasteiger partial charge >= 0.3 is 0 Å². The lowest BCUT2D eigenvalue weighted by molar-refractivity contribution is 0.302. The van der Waals surface area contributed by atoms with Gasteiger partial charge < -0.3 is 14.8 Å². The fourth-order valence-electron chi connectivity index (χ4n) is 4.21. The van der Waals surface area contributed by atoms with Gasteiger partial charge in [0, 0.05) is 42.7 Å². The van der Waals surface area contributed by atoms with E-state index in [4.69, 9.17) is 12.2 Å². The van der Waals surface area contributed by atoms with E-state index < -0.39 is 0 Å². The number of pyridine rings is 3. The summed E-state index contributed by atoms with van der Waals surface area (Å²) in [4.78, 5) is 15.4. The smallest absolute Gasteiger partial charge is 0.170 e. The fourth-order valence-corrected chi connectivity index (χ4v) is 4.52. The van der Waals surface area contributed by atoms with E-state index >= 15 is 0 Å². The van der Waals surface area contributed by atoms with Gasteiger partial charge in [0.05, 0.1) is 29.7 Å². The van der Waals surface area contributed by atoms with E-state index in [0.29, 0.717) is 11.7 Å². The number of aryl methyl sites for hydroxylation is 1. The van der Waals surface area contributed by atoms with Crippen LogP contribution in [0.15, 0.2) is 85.6 Å². The number of nitrogens with one attached hydrogen (secondary N) is 1. The Balaban J connectivity index is 1.63. The summed E-state index contributed by atoms with van der Waals surface area (Å²) in [5, 5.41) is 4.24. The molecule has 0 saturated carbocycles. The van der Waals surface area contributed by atoms with Gasteiger partial charge in [0.25, 0.3) is 0 Å². The topological polar surface area (TPSA) is 58.9 Å². The molecule has 1 N–H and O–H groups in total. The zero-order valence-electron chi connectivity index (χ0n) is 17.1. The van der Waals surface area contributed by atoms with Gasteiger partial charge in [-0.3, -0.25) is 15.0 Å². The molecule has 0 bridgehead atoms. The molecule has 5 heterocycles. The second-order valence-corrected chi connectivity index (χ2v) is 7.94. The Bertz CT molecular complexity index is 1180. The summed E-state index contributed by atoms with van der Waals surface area (Å²) in [5.74, 6) is 0. The standard InChI is InChI=1S/C24H22N6S/c1-17-7-8-21(30(17)19-5-4-11-26-15-19)23-22(20-6-2-3-12-27-20)28-24(31)29(23)16-18-9-13-25-14-10-18/h2-15,22-23H,16H2,1H3,(H,28,31)/t22-,23+/m1/s1. The third-order valence-corrected chi connectivity index (χ3v) is 5.97. The van der Waals surface area contributed by atoms with Gasteiger partial charge in [-0.25, -0.2) is 0 Å². The first-order chi connectivity index (χ1) is 15.2. The maximum absolute atomic E-state index is 5.81. The Morgan fingerprint density at radius 2 is 1.81 bits per heavy atom. The van der Waals surface area contributed by atoms with Crippen molar-refractivity contribution in [3.05, 3.63) is 108 Å². The Labute approximate surface area is 186 Å². The van der Waals surface area contributed by atoms with Crippen LogP contribution < -0.4 is 5.32 Å². The number of thiocarbonyl (C=S) groups is 1. The highest BCUT2D eigenvalue weighted by Gasteiger charge is 2.41. The molecule has 0 radical (unpaired) electrons. The molecule has 5 rings (SSSR count). The molecule has 2 atom stereocenters. The molecule has 0 amide bonds. The van der Waals surface area contributed by atoms with Crippen molar-refractivity contribution in [2.24, 2.45) is 0 Å². The zero-order chi connectivity index (χ0) is 21.2. The van der Waals surface area contributed by atoms with Crippen LogP contribution in [-0.2, 0) is 6.54 Å². The number of nitrogens with zero attached hydrogens (tertiary/aromatic N) is 5. The Hall–Kier alpha value is -3.58. The number of rotatable bonds is 5. The molecule has 7 heteroatoms. The molecule has 0 unspecified atom stereocenters. The van der Waals surface area contributed by atoms with Gasteiger partial charge in [0.15, 0.2) is 5.11 Å². The summed E-state index contributed by atoms with van der Waals surface area (Å²) in [6.45, 7) is 2.79. The Kier molecular flexibility index (Phi) is 5.18. The molecule has 6 nitrogen and oxygen atoms in total. The van der Waals surface area contributed by atoms with E-state index in [0.717, 1.165) is 28.3 Å².